The highest BCUT2D eigenvalue weighted by molar-refractivity contribution is 7.99. The van der Waals surface area contributed by atoms with E-state index in [0.29, 0.717) is 11.3 Å². The van der Waals surface area contributed by atoms with Crippen molar-refractivity contribution in [2.75, 3.05) is 0 Å². The van der Waals surface area contributed by atoms with E-state index in [2.05, 4.69) is 4.98 Å². The molecule has 4 heteroatoms. The predicted octanol–water partition coefficient (Wildman–Crippen LogP) is 2.74. The number of aromatic nitrogens is 1. The van der Waals surface area contributed by atoms with Crippen LogP contribution in [0.4, 0.5) is 0 Å². The van der Waals surface area contributed by atoms with Gasteiger partial charge < -0.3 is 10.2 Å². The summed E-state index contributed by atoms with van der Waals surface area (Å²) in [6.45, 7) is 1.95. The van der Waals surface area contributed by atoms with Crippen molar-refractivity contribution in [3.05, 3.63) is 12.0 Å². The van der Waals surface area contributed by atoms with Crippen LogP contribution in [-0.4, -0.2) is 16.3 Å². The summed E-state index contributed by atoms with van der Waals surface area (Å²) in [5, 5.41) is 1.25. The molecule has 3 nitrogen and oxygen atoms in total. The molecular weight excluding hydrogens is 208 g/mol. The van der Waals surface area contributed by atoms with Crippen LogP contribution in [-0.2, 0) is 0 Å². The SMILES string of the molecule is Cc1coc(SC2CCCCCC2N)n1. The van der Waals surface area contributed by atoms with E-state index >= 15 is 0 Å². The van der Waals surface area contributed by atoms with Gasteiger partial charge in [-0.15, -0.1) is 0 Å². The fraction of sp³-hybridized carbons (Fsp3) is 0.727. The summed E-state index contributed by atoms with van der Waals surface area (Å²) in [7, 11) is 0. The molecule has 1 aliphatic rings. The summed E-state index contributed by atoms with van der Waals surface area (Å²) < 4.78 is 5.35. The highest BCUT2D eigenvalue weighted by Gasteiger charge is 2.23. The summed E-state index contributed by atoms with van der Waals surface area (Å²) in [6.07, 6.45) is 7.89. The van der Waals surface area contributed by atoms with Gasteiger partial charge in [-0.05, 0) is 19.8 Å². The Morgan fingerprint density at radius 2 is 2.20 bits per heavy atom. The Balaban J connectivity index is 1.97. The van der Waals surface area contributed by atoms with Crippen molar-refractivity contribution < 1.29 is 4.42 Å². The minimum atomic E-state index is 0.296. The van der Waals surface area contributed by atoms with Gasteiger partial charge in [0.2, 0.25) is 0 Å². The molecule has 2 N–H and O–H groups in total. The fourth-order valence-electron chi connectivity index (χ4n) is 1.96. The number of nitrogens with zero attached hydrogens (tertiary/aromatic N) is 1. The molecule has 0 radical (unpaired) electrons. The van der Waals surface area contributed by atoms with Gasteiger partial charge in [0, 0.05) is 11.3 Å². The van der Waals surface area contributed by atoms with Crippen molar-refractivity contribution in [1.29, 1.82) is 0 Å². The summed E-state index contributed by atoms with van der Waals surface area (Å²) >= 11 is 1.70. The standard InChI is InChI=1S/C11H18N2OS/c1-8-7-14-11(13-8)15-10-6-4-2-3-5-9(10)12/h7,9-10H,2-6,12H2,1H3. The monoisotopic (exact) mass is 226 g/mol. The summed E-state index contributed by atoms with van der Waals surface area (Å²) in [5.74, 6) is 0. The maximum Gasteiger partial charge on any atom is 0.256 e. The van der Waals surface area contributed by atoms with E-state index in [0.717, 1.165) is 17.3 Å². The number of thioether (sulfide) groups is 1. The molecule has 1 heterocycles. The summed E-state index contributed by atoms with van der Waals surface area (Å²) in [5.41, 5.74) is 7.09. The van der Waals surface area contributed by atoms with Gasteiger partial charge >= 0.3 is 0 Å². The van der Waals surface area contributed by atoms with Gasteiger partial charge in [0.15, 0.2) is 0 Å². The molecule has 1 fully saturated rings. The van der Waals surface area contributed by atoms with Gasteiger partial charge in [0.25, 0.3) is 5.22 Å². The lowest BCUT2D eigenvalue weighted by molar-refractivity contribution is 0.450. The second-order valence-corrected chi connectivity index (χ2v) is 5.40. The van der Waals surface area contributed by atoms with Gasteiger partial charge in [0.05, 0.1) is 5.69 Å². The van der Waals surface area contributed by atoms with Crippen LogP contribution in [0.1, 0.15) is 37.8 Å². The van der Waals surface area contributed by atoms with Crippen LogP contribution in [0.5, 0.6) is 0 Å². The number of nitrogens with two attached hydrogens (primary N) is 1. The van der Waals surface area contributed by atoms with E-state index < -0.39 is 0 Å². The minimum Gasteiger partial charge on any atom is -0.440 e. The molecule has 0 saturated heterocycles. The molecule has 2 rings (SSSR count). The topological polar surface area (TPSA) is 52.0 Å². The first-order chi connectivity index (χ1) is 7.25. The van der Waals surface area contributed by atoms with E-state index in [1.165, 1.54) is 25.7 Å². The molecular formula is C11H18N2OS. The largest absolute Gasteiger partial charge is 0.440 e. The normalized spacial score (nSPS) is 27.6. The van der Waals surface area contributed by atoms with Crippen LogP contribution in [0.3, 0.4) is 0 Å². The van der Waals surface area contributed by atoms with E-state index in [1.807, 2.05) is 6.92 Å². The third-order valence-electron chi connectivity index (χ3n) is 2.85. The first kappa shape index (κ1) is 11.0. The van der Waals surface area contributed by atoms with Crippen molar-refractivity contribution in [2.45, 2.75) is 55.5 Å². The second kappa shape index (κ2) is 5.03. The van der Waals surface area contributed by atoms with Crippen molar-refractivity contribution in [1.82, 2.24) is 4.98 Å². The van der Waals surface area contributed by atoms with E-state index in [4.69, 9.17) is 10.2 Å². The molecule has 1 saturated carbocycles. The Morgan fingerprint density at radius 1 is 1.40 bits per heavy atom. The molecule has 1 aliphatic carbocycles. The minimum absolute atomic E-state index is 0.296. The third kappa shape index (κ3) is 2.98. The van der Waals surface area contributed by atoms with Crippen molar-refractivity contribution in [2.24, 2.45) is 5.73 Å². The molecule has 0 aromatic carbocycles. The zero-order chi connectivity index (χ0) is 10.7. The van der Waals surface area contributed by atoms with Crippen molar-refractivity contribution >= 4 is 11.8 Å². The molecule has 0 bridgehead atoms. The van der Waals surface area contributed by atoms with Crippen molar-refractivity contribution in [3.8, 4) is 0 Å². The van der Waals surface area contributed by atoms with Crippen LogP contribution in [0.15, 0.2) is 15.9 Å². The summed E-state index contributed by atoms with van der Waals surface area (Å²) in [4.78, 5) is 4.31. The maximum atomic E-state index is 6.14. The molecule has 1 aromatic rings. The van der Waals surface area contributed by atoms with Gasteiger partial charge in [-0.2, -0.15) is 0 Å². The number of rotatable bonds is 2. The molecule has 0 aliphatic heterocycles. The molecule has 1 aromatic heterocycles. The van der Waals surface area contributed by atoms with Crippen LogP contribution in [0.25, 0.3) is 0 Å². The number of hydrogen-bond donors (Lipinski definition) is 1. The first-order valence-corrected chi connectivity index (χ1v) is 6.48. The average Bonchev–Trinajstić information content (AvgIpc) is 2.50. The lowest BCUT2D eigenvalue weighted by Crippen LogP contribution is -2.31. The van der Waals surface area contributed by atoms with E-state index in [-0.39, 0.29) is 0 Å². The van der Waals surface area contributed by atoms with Crippen molar-refractivity contribution in [3.63, 3.8) is 0 Å². The second-order valence-electron chi connectivity index (χ2n) is 4.21. The number of aryl methyl sites for hydroxylation is 1. The highest BCUT2D eigenvalue weighted by Crippen LogP contribution is 2.31. The van der Waals surface area contributed by atoms with Gasteiger partial charge in [-0.25, -0.2) is 4.98 Å². The molecule has 84 valence electrons. The van der Waals surface area contributed by atoms with Gasteiger partial charge in [0.1, 0.15) is 6.26 Å². The zero-order valence-electron chi connectivity index (χ0n) is 9.11. The first-order valence-electron chi connectivity index (χ1n) is 5.60. The van der Waals surface area contributed by atoms with Crippen LogP contribution < -0.4 is 5.73 Å². The number of oxazole rings is 1. The van der Waals surface area contributed by atoms with Crippen LogP contribution in [0.2, 0.25) is 0 Å². The summed E-state index contributed by atoms with van der Waals surface area (Å²) in [6, 6.07) is 0.296. The van der Waals surface area contributed by atoms with Crippen LogP contribution >= 0.6 is 11.8 Å². The predicted molar refractivity (Wildman–Crippen MR) is 61.9 cm³/mol. The highest BCUT2D eigenvalue weighted by atomic mass is 32.2. The van der Waals surface area contributed by atoms with Crippen LogP contribution in [0, 0.1) is 6.92 Å². The Bertz CT molecular complexity index is 313. The quantitative estimate of drug-likeness (QED) is 0.788. The van der Waals surface area contributed by atoms with Gasteiger partial charge in [-0.3, -0.25) is 0 Å². The Morgan fingerprint density at radius 3 is 2.93 bits per heavy atom. The Labute approximate surface area is 94.8 Å². The molecule has 0 amide bonds. The lowest BCUT2D eigenvalue weighted by Gasteiger charge is -2.18. The third-order valence-corrected chi connectivity index (χ3v) is 4.13. The molecule has 15 heavy (non-hydrogen) atoms. The zero-order valence-corrected chi connectivity index (χ0v) is 9.93. The molecule has 0 spiro atoms. The Hall–Kier alpha value is -0.480. The van der Waals surface area contributed by atoms with E-state index in [9.17, 15) is 0 Å². The average molecular weight is 226 g/mol. The lowest BCUT2D eigenvalue weighted by atomic mass is 10.1. The fourth-order valence-corrected chi connectivity index (χ4v) is 3.12. The number of hydrogen-bond acceptors (Lipinski definition) is 4. The Kier molecular flexibility index (Phi) is 3.70. The smallest absolute Gasteiger partial charge is 0.256 e. The van der Waals surface area contributed by atoms with Gasteiger partial charge in [-0.1, -0.05) is 31.0 Å². The molecule has 2 atom stereocenters. The maximum absolute atomic E-state index is 6.14. The molecule has 2 unspecified atom stereocenters. The van der Waals surface area contributed by atoms with E-state index in [1.54, 1.807) is 18.0 Å².